The number of primary amides is 1. The van der Waals surface area contributed by atoms with Crippen molar-refractivity contribution in [1.82, 2.24) is 0 Å². The molecular weight excluding hydrogens is 214 g/mol. The van der Waals surface area contributed by atoms with E-state index in [1.54, 1.807) is 0 Å². The molecule has 1 aromatic carbocycles. The first-order valence-electron chi connectivity index (χ1n) is 5.95. The lowest BCUT2D eigenvalue weighted by molar-refractivity contribution is -0.118. The number of hydrogen-bond acceptors (Lipinski definition) is 2. The molecule has 0 spiro atoms. The van der Waals surface area contributed by atoms with Crippen LogP contribution in [0.2, 0.25) is 0 Å². The van der Waals surface area contributed by atoms with Gasteiger partial charge >= 0.3 is 0 Å². The van der Waals surface area contributed by atoms with Gasteiger partial charge in [0.25, 0.3) is 0 Å². The summed E-state index contributed by atoms with van der Waals surface area (Å²) >= 11 is 0. The highest BCUT2D eigenvalue weighted by Gasteiger charge is 2.10. The zero-order valence-electron chi connectivity index (χ0n) is 10.5. The first kappa shape index (κ1) is 13.4. The van der Waals surface area contributed by atoms with E-state index in [0.717, 1.165) is 18.4 Å². The maximum absolute atomic E-state index is 11.8. The molecule has 0 saturated heterocycles. The largest absolute Gasteiger partial charge is 0.370 e. The summed E-state index contributed by atoms with van der Waals surface area (Å²) in [6, 6.07) is 5.87. The van der Waals surface area contributed by atoms with E-state index in [1.807, 2.05) is 25.1 Å². The zero-order valence-corrected chi connectivity index (χ0v) is 10.5. The quantitative estimate of drug-likeness (QED) is 0.767. The van der Waals surface area contributed by atoms with Crippen LogP contribution in [0.25, 0.3) is 0 Å². The number of aryl methyl sites for hydroxylation is 2. The SMILES string of the molecule is CCCc1ccc(C(=O)CCC(N)=O)c(C)c1. The highest BCUT2D eigenvalue weighted by atomic mass is 16.1. The van der Waals surface area contributed by atoms with Crippen molar-refractivity contribution < 1.29 is 9.59 Å². The van der Waals surface area contributed by atoms with Crippen LogP contribution in [0, 0.1) is 6.92 Å². The van der Waals surface area contributed by atoms with Gasteiger partial charge in [0.05, 0.1) is 0 Å². The summed E-state index contributed by atoms with van der Waals surface area (Å²) in [7, 11) is 0. The van der Waals surface area contributed by atoms with Gasteiger partial charge in [-0.05, 0) is 24.5 Å². The highest BCUT2D eigenvalue weighted by molar-refractivity contribution is 5.99. The topological polar surface area (TPSA) is 60.2 Å². The number of Topliss-reactive ketones (excluding diaryl/α,β-unsaturated/α-hetero) is 1. The summed E-state index contributed by atoms with van der Waals surface area (Å²) in [5.74, 6) is -0.442. The molecule has 1 aromatic rings. The third-order valence-corrected chi connectivity index (χ3v) is 2.73. The van der Waals surface area contributed by atoms with Gasteiger partial charge in [-0.1, -0.05) is 31.5 Å². The monoisotopic (exact) mass is 233 g/mol. The van der Waals surface area contributed by atoms with Crippen LogP contribution in [-0.2, 0) is 11.2 Å². The van der Waals surface area contributed by atoms with Crippen molar-refractivity contribution >= 4 is 11.7 Å². The Morgan fingerprint density at radius 2 is 1.94 bits per heavy atom. The second-order valence-corrected chi connectivity index (χ2v) is 4.29. The molecule has 0 radical (unpaired) electrons. The average Bonchev–Trinajstić information content (AvgIpc) is 2.26. The molecule has 0 aromatic heterocycles. The summed E-state index contributed by atoms with van der Waals surface area (Å²) in [6.07, 6.45) is 2.43. The van der Waals surface area contributed by atoms with Crippen molar-refractivity contribution in [3.8, 4) is 0 Å². The number of carbonyl (C=O) groups is 2. The maximum atomic E-state index is 11.8. The van der Waals surface area contributed by atoms with Crippen molar-refractivity contribution in [3.05, 3.63) is 34.9 Å². The number of ketones is 1. The molecule has 3 nitrogen and oxygen atoms in total. The van der Waals surface area contributed by atoms with E-state index in [2.05, 4.69) is 6.92 Å². The normalized spacial score (nSPS) is 10.2. The van der Waals surface area contributed by atoms with Gasteiger partial charge in [-0.25, -0.2) is 0 Å². The smallest absolute Gasteiger partial charge is 0.217 e. The second kappa shape index (κ2) is 6.18. The number of hydrogen-bond donors (Lipinski definition) is 1. The summed E-state index contributed by atoms with van der Waals surface area (Å²) in [6.45, 7) is 4.05. The highest BCUT2D eigenvalue weighted by Crippen LogP contribution is 2.15. The van der Waals surface area contributed by atoms with Crippen LogP contribution >= 0.6 is 0 Å². The molecule has 1 amide bonds. The first-order valence-corrected chi connectivity index (χ1v) is 5.95. The fourth-order valence-corrected chi connectivity index (χ4v) is 1.85. The number of rotatable bonds is 6. The first-order chi connectivity index (χ1) is 8.04. The predicted molar refractivity (Wildman–Crippen MR) is 67.9 cm³/mol. The lowest BCUT2D eigenvalue weighted by Gasteiger charge is -2.07. The Balaban J connectivity index is 2.77. The van der Waals surface area contributed by atoms with Gasteiger partial charge in [-0.15, -0.1) is 0 Å². The lowest BCUT2D eigenvalue weighted by atomic mass is 9.98. The third-order valence-electron chi connectivity index (χ3n) is 2.73. The number of carbonyl (C=O) groups excluding carboxylic acids is 2. The molecule has 0 bridgehead atoms. The molecule has 1 rings (SSSR count). The Morgan fingerprint density at radius 1 is 1.24 bits per heavy atom. The molecule has 0 aliphatic carbocycles. The zero-order chi connectivity index (χ0) is 12.8. The number of benzene rings is 1. The van der Waals surface area contributed by atoms with Gasteiger partial charge in [0, 0.05) is 18.4 Å². The standard InChI is InChI=1S/C14H19NO2/c1-3-4-11-5-6-12(10(2)9-11)13(16)7-8-14(15)17/h5-6,9H,3-4,7-8H2,1-2H3,(H2,15,17). The van der Waals surface area contributed by atoms with Crippen molar-refractivity contribution in [2.45, 2.75) is 39.5 Å². The van der Waals surface area contributed by atoms with Gasteiger partial charge < -0.3 is 5.73 Å². The van der Waals surface area contributed by atoms with Crippen LogP contribution in [0.1, 0.15) is 47.7 Å². The minimum absolute atomic E-state index is 0.00986. The van der Waals surface area contributed by atoms with E-state index >= 15 is 0 Å². The average molecular weight is 233 g/mol. The number of amides is 1. The van der Waals surface area contributed by atoms with Gasteiger partial charge in [-0.3, -0.25) is 9.59 Å². The van der Waals surface area contributed by atoms with Crippen molar-refractivity contribution in [1.29, 1.82) is 0 Å². The van der Waals surface area contributed by atoms with Crippen LogP contribution in [0.15, 0.2) is 18.2 Å². The van der Waals surface area contributed by atoms with Crippen LogP contribution in [0.4, 0.5) is 0 Å². The molecule has 17 heavy (non-hydrogen) atoms. The Morgan fingerprint density at radius 3 is 2.47 bits per heavy atom. The molecule has 0 aliphatic heterocycles. The van der Waals surface area contributed by atoms with Crippen molar-refractivity contribution in [2.24, 2.45) is 5.73 Å². The van der Waals surface area contributed by atoms with E-state index in [-0.39, 0.29) is 18.6 Å². The molecule has 0 atom stereocenters. The molecule has 0 saturated carbocycles. The molecule has 92 valence electrons. The predicted octanol–water partition coefficient (Wildman–Crippen LogP) is 2.40. The molecule has 0 unspecified atom stereocenters. The summed E-state index contributed by atoms with van der Waals surface area (Å²) in [4.78, 5) is 22.5. The molecule has 0 fully saturated rings. The fourth-order valence-electron chi connectivity index (χ4n) is 1.85. The Bertz CT molecular complexity index is 424. The summed E-state index contributed by atoms with van der Waals surface area (Å²) < 4.78 is 0. The van der Waals surface area contributed by atoms with Gasteiger partial charge in [0.15, 0.2) is 5.78 Å². The molecule has 2 N–H and O–H groups in total. The van der Waals surface area contributed by atoms with E-state index in [9.17, 15) is 9.59 Å². The molecular formula is C14H19NO2. The van der Waals surface area contributed by atoms with Crippen molar-refractivity contribution in [3.63, 3.8) is 0 Å². The molecule has 0 aliphatic rings. The van der Waals surface area contributed by atoms with Gasteiger partial charge in [0.2, 0.25) is 5.91 Å². The van der Waals surface area contributed by atoms with E-state index in [0.29, 0.717) is 5.56 Å². The van der Waals surface area contributed by atoms with Gasteiger partial charge in [-0.2, -0.15) is 0 Å². The van der Waals surface area contributed by atoms with E-state index < -0.39 is 5.91 Å². The van der Waals surface area contributed by atoms with E-state index in [1.165, 1.54) is 5.56 Å². The minimum Gasteiger partial charge on any atom is -0.370 e. The van der Waals surface area contributed by atoms with Crippen LogP contribution in [0.3, 0.4) is 0 Å². The summed E-state index contributed by atoms with van der Waals surface area (Å²) in [5.41, 5.74) is 7.95. The van der Waals surface area contributed by atoms with Gasteiger partial charge in [0.1, 0.15) is 0 Å². The third kappa shape index (κ3) is 4.02. The van der Waals surface area contributed by atoms with E-state index in [4.69, 9.17) is 5.73 Å². The minimum atomic E-state index is -0.432. The Kier molecular flexibility index (Phi) is 4.88. The lowest BCUT2D eigenvalue weighted by Crippen LogP contribution is -2.13. The summed E-state index contributed by atoms with van der Waals surface area (Å²) in [5, 5.41) is 0. The molecule has 0 heterocycles. The van der Waals surface area contributed by atoms with Crippen molar-refractivity contribution in [2.75, 3.05) is 0 Å². The Labute approximate surface area is 102 Å². The van der Waals surface area contributed by atoms with Crippen LogP contribution < -0.4 is 5.73 Å². The Hall–Kier alpha value is -1.64. The van der Waals surface area contributed by atoms with Crippen LogP contribution in [-0.4, -0.2) is 11.7 Å². The van der Waals surface area contributed by atoms with Crippen LogP contribution in [0.5, 0.6) is 0 Å². The fraction of sp³-hybridized carbons (Fsp3) is 0.429. The number of nitrogens with two attached hydrogens (primary N) is 1. The second-order valence-electron chi connectivity index (χ2n) is 4.29. The molecule has 3 heteroatoms. The maximum Gasteiger partial charge on any atom is 0.217 e.